The molecule has 0 radical (unpaired) electrons. The molecule has 0 saturated carbocycles. The monoisotopic (exact) mass is 321 g/mol. The van der Waals surface area contributed by atoms with Crippen molar-refractivity contribution in [1.82, 2.24) is 10.2 Å². The van der Waals surface area contributed by atoms with Gasteiger partial charge in [-0.05, 0) is 17.9 Å². The van der Waals surface area contributed by atoms with Crippen LogP contribution in [0.4, 0.5) is 5.13 Å². The summed E-state index contributed by atoms with van der Waals surface area (Å²) >= 11 is 2.96. The first-order chi connectivity index (χ1) is 10.2. The average Bonchev–Trinajstić information content (AvgIpc) is 2.93. The van der Waals surface area contributed by atoms with E-state index in [1.165, 1.54) is 17.4 Å². The van der Waals surface area contributed by atoms with Crippen LogP contribution in [0.5, 0.6) is 5.75 Å². The normalized spacial score (nSPS) is 10.8. The summed E-state index contributed by atoms with van der Waals surface area (Å²) in [5, 5.41) is 11.1. The molecule has 0 spiro atoms. The number of ether oxygens (including phenoxy) is 1. The molecule has 0 bridgehead atoms. The maximum absolute atomic E-state index is 11.8. The summed E-state index contributed by atoms with van der Waals surface area (Å²) in [4.78, 5) is 11.8. The highest BCUT2D eigenvalue weighted by atomic mass is 32.2. The van der Waals surface area contributed by atoms with Gasteiger partial charge in [0.25, 0.3) is 0 Å². The predicted molar refractivity (Wildman–Crippen MR) is 87.0 cm³/mol. The Bertz CT molecular complexity index is 641. The van der Waals surface area contributed by atoms with Crippen LogP contribution >= 0.6 is 23.1 Å². The van der Waals surface area contributed by atoms with Crippen molar-refractivity contribution in [3.8, 4) is 5.75 Å². The number of benzene rings is 1. The van der Waals surface area contributed by atoms with E-state index in [0.29, 0.717) is 5.13 Å². The van der Waals surface area contributed by atoms with Gasteiger partial charge in [-0.25, -0.2) is 0 Å². The van der Waals surface area contributed by atoms with Crippen LogP contribution in [0.3, 0.4) is 0 Å². The van der Waals surface area contributed by atoms with Crippen molar-refractivity contribution in [3.05, 3.63) is 35.9 Å². The number of aromatic nitrogens is 2. The van der Waals surface area contributed by atoms with E-state index in [1.54, 1.807) is 24.9 Å². The Kier molecular flexibility index (Phi) is 5.77. The third-order valence-corrected chi connectivity index (χ3v) is 4.31. The number of amides is 1. The first-order valence-corrected chi connectivity index (χ1v) is 8.11. The van der Waals surface area contributed by atoms with Crippen LogP contribution in [0.25, 0.3) is 6.08 Å². The summed E-state index contributed by atoms with van der Waals surface area (Å²) in [5.74, 6) is 1.40. The van der Waals surface area contributed by atoms with Crippen molar-refractivity contribution in [1.29, 1.82) is 0 Å². The molecule has 1 heterocycles. The van der Waals surface area contributed by atoms with E-state index in [9.17, 15) is 4.79 Å². The van der Waals surface area contributed by atoms with Gasteiger partial charge in [-0.2, -0.15) is 0 Å². The van der Waals surface area contributed by atoms with Crippen LogP contribution in [-0.4, -0.2) is 29.0 Å². The fourth-order valence-corrected chi connectivity index (χ4v) is 3.21. The molecule has 1 aromatic carbocycles. The van der Waals surface area contributed by atoms with Gasteiger partial charge < -0.3 is 4.74 Å². The lowest BCUT2D eigenvalue weighted by molar-refractivity contribution is -0.111. The summed E-state index contributed by atoms with van der Waals surface area (Å²) in [7, 11) is 1.60. The molecule has 7 heteroatoms. The Hall–Kier alpha value is -1.86. The zero-order valence-electron chi connectivity index (χ0n) is 11.7. The third kappa shape index (κ3) is 4.57. The first-order valence-electron chi connectivity index (χ1n) is 6.31. The molecule has 0 fully saturated rings. The first kappa shape index (κ1) is 15.5. The second kappa shape index (κ2) is 7.80. The molecular weight excluding hydrogens is 306 g/mol. The van der Waals surface area contributed by atoms with Crippen LogP contribution < -0.4 is 10.1 Å². The van der Waals surface area contributed by atoms with Gasteiger partial charge in [-0.3, -0.25) is 10.1 Å². The van der Waals surface area contributed by atoms with Crippen molar-refractivity contribution in [3.63, 3.8) is 0 Å². The minimum Gasteiger partial charge on any atom is -0.496 e. The zero-order valence-corrected chi connectivity index (χ0v) is 13.3. The molecule has 0 aliphatic rings. The molecule has 1 N–H and O–H groups in total. The summed E-state index contributed by atoms with van der Waals surface area (Å²) in [6.07, 6.45) is 3.16. The zero-order chi connectivity index (χ0) is 15.1. The Morgan fingerprint density at radius 2 is 2.24 bits per heavy atom. The topological polar surface area (TPSA) is 64.1 Å². The minimum absolute atomic E-state index is 0.245. The molecule has 21 heavy (non-hydrogen) atoms. The van der Waals surface area contributed by atoms with Gasteiger partial charge in [0.1, 0.15) is 5.75 Å². The number of para-hydroxylation sites is 1. The van der Waals surface area contributed by atoms with Gasteiger partial charge in [0.05, 0.1) is 7.11 Å². The predicted octanol–water partition coefficient (Wildman–Crippen LogP) is 3.31. The number of hydrogen-bond acceptors (Lipinski definition) is 6. The third-order valence-electron chi connectivity index (χ3n) is 2.46. The Labute approximate surface area is 131 Å². The number of carbonyl (C=O) groups is 1. The van der Waals surface area contributed by atoms with Gasteiger partial charge in [-0.15, -0.1) is 10.2 Å². The highest BCUT2D eigenvalue weighted by Crippen LogP contribution is 2.25. The standard InChI is InChI=1S/C14H15N3O2S2/c1-3-20-14-17-16-13(21-14)15-12(18)9-8-10-6-4-5-7-11(10)19-2/h4-9H,3H2,1-2H3,(H,15,16,18). The van der Waals surface area contributed by atoms with Gasteiger partial charge in [0.15, 0.2) is 4.34 Å². The number of rotatable bonds is 6. The Morgan fingerprint density at radius 1 is 1.43 bits per heavy atom. The summed E-state index contributed by atoms with van der Waals surface area (Å²) in [6.45, 7) is 2.04. The molecule has 0 saturated heterocycles. The van der Waals surface area contributed by atoms with Crippen molar-refractivity contribution >= 4 is 40.2 Å². The number of nitrogens with zero attached hydrogens (tertiary/aromatic N) is 2. The van der Waals surface area contributed by atoms with Crippen molar-refractivity contribution < 1.29 is 9.53 Å². The van der Waals surface area contributed by atoms with E-state index in [-0.39, 0.29) is 5.91 Å². The van der Waals surface area contributed by atoms with Crippen molar-refractivity contribution in [2.75, 3.05) is 18.2 Å². The van der Waals surface area contributed by atoms with Gasteiger partial charge >= 0.3 is 0 Å². The molecule has 5 nitrogen and oxygen atoms in total. The maximum atomic E-state index is 11.8. The van der Waals surface area contributed by atoms with Crippen LogP contribution in [0.15, 0.2) is 34.7 Å². The van der Waals surface area contributed by atoms with E-state index in [4.69, 9.17) is 4.74 Å². The largest absolute Gasteiger partial charge is 0.496 e. The van der Waals surface area contributed by atoms with E-state index in [1.807, 2.05) is 31.2 Å². The highest BCUT2D eigenvalue weighted by molar-refractivity contribution is 8.01. The number of anilines is 1. The van der Waals surface area contributed by atoms with Crippen molar-refractivity contribution in [2.45, 2.75) is 11.3 Å². The van der Waals surface area contributed by atoms with Gasteiger partial charge in [-0.1, -0.05) is 48.2 Å². The van der Waals surface area contributed by atoms with Gasteiger partial charge in [0, 0.05) is 11.6 Å². The SMILES string of the molecule is CCSc1nnc(NC(=O)C=Cc2ccccc2OC)s1. The van der Waals surface area contributed by atoms with Crippen LogP contribution in [0, 0.1) is 0 Å². The molecule has 2 aromatic rings. The molecule has 0 unspecified atom stereocenters. The Morgan fingerprint density at radius 3 is 3.00 bits per heavy atom. The van der Waals surface area contributed by atoms with Crippen LogP contribution in [-0.2, 0) is 4.79 Å². The molecule has 0 aliphatic heterocycles. The fraction of sp³-hybridized carbons (Fsp3) is 0.214. The smallest absolute Gasteiger partial charge is 0.250 e. The maximum Gasteiger partial charge on any atom is 0.250 e. The average molecular weight is 321 g/mol. The number of hydrogen-bond donors (Lipinski definition) is 1. The van der Waals surface area contributed by atoms with E-state index in [0.717, 1.165) is 21.4 Å². The number of nitrogens with one attached hydrogen (secondary N) is 1. The highest BCUT2D eigenvalue weighted by Gasteiger charge is 2.06. The quantitative estimate of drug-likeness (QED) is 0.502. The van der Waals surface area contributed by atoms with Crippen LogP contribution in [0.2, 0.25) is 0 Å². The lowest BCUT2D eigenvalue weighted by atomic mass is 10.2. The minimum atomic E-state index is -0.245. The second-order valence-corrected chi connectivity index (χ2v) is 6.36. The number of thioether (sulfide) groups is 1. The molecule has 1 aromatic heterocycles. The lowest BCUT2D eigenvalue weighted by Crippen LogP contribution is -2.07. The van der Waals surface area contributed by atoms with E-state index >= 15 is 0 Å². The number of carbonyl (C=O) groups excluding carboxylic acids is 1. The molecule has 1 amide bonds. The summed E-state index contributed by atoms with van der Waals surface area (Å²) in [5.41, 5.74) is 0.842. The molecule has 2 rings (SSSR count). The lowest BCUT2D eigenvalue weighted by Gasteiger charge is -2.03. The molecule has 0 atom stereocenters. The Balaban J connectivity index is 1.98. The van der Waals surface area contributed by atoms with Crippen LogP contribution in [0.1, 0.15) is 12.5 Å². The molecule has 110 valence electrons. The molecule has 0 aliphatic carbocycles. The summed E-state index contributed by atoms with van der Waals surface area (Å²) in [6, 6.07) is 7.49. The fourth-order valence-electron chi connectivity index (χ4n) is 1.56. The number of methoxy groups -OCH3 is 1. The van der Waals surface area contributed by atoms with E-state index in [2.05, 4.69) is 15.5 Å². The van der Waals surface area contributed by atoms with E-state index < -0.39 is 0 Å². The second-order valence-electron chi connectivity index (χ2n) is 3.87. The van der Waals surface area contributed by atoms with Gasteiger partial charge in [0.2, 0.25) is 11.0 Å². The summed E-state index contributed by atoms with van der Waals surface area (Å²) < 4.78 is 6.07. The molecular formula is C14H15N3O2S2. The van der Waals surface area contributed by atoms with Crippen molar-refractivity contribution in [2.24, 2.45) is 0 Å².